The van der Waals surface area contributed by atoms with Gasteiger partial charge in [0.15, 0.2) is 0 Å². The summed E-state index contributed by atoms with van der Waals surface area (Å²) in [6.07, 6.45) is 1.64. The smallest absolute Gasteiger partial charge is 0.148 e. The predicted molar refractivity (Wildman–Crippen MR) is 51.4 cm³/mol. The molecule has 0 spiro atoms. The van der Waals surface area contributed by atoms with E-state index in [-0.39, 0.29) is 28.8 Å². The molecule has 0 amide bonds. The molecule has 13 heavy (non-hydrogen) atoms. The van der Waals surface area contributed by atoms with Crippen molar-refractivity contribution in [3.63, 3.8) is 0 Å². The van der Waals surface area contributed by atoms with Crippen molar-refractivity contribution in [3.05, 3.63) is 0 Å². The van der Waals surface area contributed by atoms with Gasteiger partial charge in [-0.2, -0.15) is 0 Å². The second kappa shape index (κ2) is 3.24. The van der Waals surface area contributed by atoms with E-state index >= 15 is 0 Å². The van der Waals surface area contributed by atoms with Gasteiger partial charge in [0.05, 0.1) is 5.92 Å². The van der Waals surface area contributed by atoms with Crippen LogP contribution in [-0.2, 0) is 9.59 Å². The van der Waals surface area contributed by atoms with Crippen molar-refractivity contribution in [1.82, 2.24) is 0 Å². The van der Waals surface area contributed by atoms with Crippen LogP contribution >= 0.6 is 0 Å². The molecule has 0 heterocycles. The Hall–Kier alpha value is -0.660. The maximum absolute atomic E-state index is 11.8. The third-order valence-corrected chi connectivity index (χ3v) is 2.77. The largest absolute Gasteiger partial charge is 0.299 e. The zero-order chi connectivity index (χ0) is 10.2. The molecule has 2 nitrogen and oxygen atoms in total. The number of hydrogen-bond acceptors (Lipinski definition) is 2. The van der Waals surface area contributed by atoms with Gasteiger partial charge < -0.3 is 0 Å². The van der Waals surface area contributed by atoms with Crippen LogP contribution in [0, 0.1) is 17.3 Å². The average molecular weight is 182 g/mol. The molecular weight excluding hydrogens is 164 g/mol. The second-order valence-electron chi connectivity index (χ2n) is 5.05. The Kier molecular flexibility index (Phi) is 2.60. The SMILES string of the molecule is C[C@H]1CC[C@H](C(=O)C(C)(C)C)C1=O. The standard InChI is InChI=1S/C11H18O2/c1-7-5-6-8(9(7)12)10(13)11(2,3)4/h7-8H,5-6H2,1-4H3/t7-,8-/m0/s1. The van der Waals surface area contributed by atoms with Gasteiger partial charge in [0.1, 0.15) is 11.6 Å². The normalized spacial score (nSPS) is 29.4. The lowest BCUT2D eigenvalue weighted by atomic mass is 9.81. The van der Waals surface area contributed by atoms with Crippen LogP contribution in [0.3, 0.4) is 0 Å². The van der Waals surface area contributed by atoms with Crippen LogP contribution in [0.15, 0.2) is 0 Å². The summed E-state index contributed by atoms with van der Waals surface area (Å²) in [5.74, 6) is 0.0491. The van der Waals surface area contributed by atoms with Gasteiger partial charge in [0, 0.05) is 11.3 Å². The van der Waals surface area contributed by atoms with E-state index in [0.29, 0.717) is 0 Å². The van der Waals surface area contributed by atoms with E-state index in [1.54, 1.807) is 0 Å². The quantitative estimate of drug-likeness (QED) is 0.583. The molecule has 0 bridgehead atoms. The molecule has 0 aromatic rings. The molecule has 1 rings (SSSR count). The summed E-state index contributed by atoms with van der Waals surface area (Å²) in [5.41, 5.74) is -0.371. The van der Waals surface area contributed by atoms with Gasteiger partial charge in [-0.15, -0.1) is 0 Å². The van der Waals surface area contributed by atoms with Crippen molar-refractivity contribution < 1.29 is 9.59 Å². The molecule has 1 fully saturated rings. The zero-order valence-corrected chi connectivity index (χ0v) is 8.89. The number of carbonyl (C=O) groups excluding carboxylic acids is 2. The first-order chi connectivity index (χ1) is 5.84. The third-order valence-electron chi connectivity index (χ3n) is 2.77. The first-order valence-corrected chi connectivity index (χ1v) is 4.92. The van der Waals surface area contributed by atoms with Gasteiger partial charge in [0.2, 0.25) is 0 Å². The highest BCUT2D eigenvalue weighted by Crippen LogP contribution is 2.32. The van der Waals surface area contributed by atoms with Crippen LogP contribution in [0.1, 0.15) is 40.5 Å². The van der Waals surface area contributed by atoms with E-state index < -0.39 is 0 Å². The van der Waals surface area contributed by atoms with E-state index in [0.717, 1.165) is 12.8 Å². The predicted octanol–water partition coefficient (Wildman–Crippen LogP) is 2.22. The summed E-state index contributed by atoms with van der Waals surface area (Å²) in [7, 11) is 0. The summed E-state index contributed by atoms with van der Waals surface area (Å²) in [6, 6.07) is 0. The Labute approximate surface area is 79.7 Å². The van der Waals surface area contributed by atoms with Crippen LogP contribution in [0.4, 0.5) is 0 Å². The number of rotatable bonds is 1. The van der Waals surface area contributed by atoms with E-state index in [4.69, 9.17) is 0 Å². The van der Waals surface area contributed by atoms with Crippen LogP contribution in [-0.4, -0.2) is 11.6 Å². The number of Topliss-reactive ketones (excluding diaryl/α,β-unsaturated/α-hetero) is 2. The third kappa shape index (κ3) is 1.98. The molecule has 0 saturated heterocycles. The fourth-order valence-electron chi connectivity index (χ4n) is 1.83. The van der Waals surface area contributed by atoms with Crippen LogP contribution in [0.2, 0.25) is 0 Å². The van der Waals surface area contributed by atoms with Crippen molar-refractivity contribution in [3.8, 4) is 0 Å². The molecule has 0 N–H and O–H groups in total. The van der Waals surface area contributed by atoms with Crippen LogP contribution in [0.25, 0.3) is 0 Å². The minimum Gasteiger partial charge on any atom is -0.299 e. The summed E-state index contributed by atoms with van der Waals surface area (Å²) in [5, 5.41) is 0. The number of carbonyl (C=O) groups is 2. The molecule has 1 aliphatic carbocycles. The van der Waals surface area contributed by atoms with Gasteiger partial charge >= 0.3 is 0 Å². The first kappa shape index (κ1) is 10.4. The summed E-state index contributed by atoms with van der Waals surface area (Å²) < 4.78 is 0. The van der Waals surface area contributed by atoms with Crippen molar-refractivity contribution in [2.45, 2.75) is 40.5 Å². The van der Waals surface area contributed by atoms with Gasteiger partial charge in [0.25, 0.3) is 0 Å². The Bertz CT molecular complexity index is 235. The molecule has 2 atom stereocenters. The van der Waals surface area contributed by atoms with Gasteiger partial charge in [-0.1, -0.05) is 27.7 Å². The topological polar surface area (TPSA) is 34.1 Å². The monoisotopic (exact) mass is 182 g/mol. The average Bonchev–Trinajstić information content (AvgIpc) is 2.30. The molecule has 74 valence electrons. The molecule has 0 unspecified atom stereocenters. The molecule has 1 aliphatic rings. The van der Waals surface area contributed by atoms with E-state index in [1.165, 1.54) is 0 Å². The minimum absolute atomic E-state index is 0.0938. The molecule has 0 aliphatic heterocycles. The summed E-state index contributed by atoms with van der Waals surface area (Å²) in [4.78, 5) is 23.4. The Balaban J connectivity index is 2.75. The molecule has 0 radical (unpaired) electrons. The lowest BCUT2D eigenvalue weighted by Crippen LogP contribution is -2.31. The second-order valence-corrected chi connectivity index (χ2v) is 5.05. The molecular formula is C11H18O2. The number of hydrogen-bond donors (Lipinski definition) is 0. The van der Waals surface area contributed by atoms with Crippen molar-refractivity contribution in [2.75, 3.05) is 0 Å². The molecule has 2 heteroatoms. The van der Waals surface area contributed by atoms with Crippen molar-refractivity contribution in [1.29, 1.82) is 0 Å². The Morgan fingerprint density at radius 1 is 1.31 bits per heavy atom. The molecule has 0 aromatic carbocycles. The number of ketones is 2. The van der Waals surface area contributed by atoms with E-state index in [2.05, 4.69) is 0 Å². The fraction of sp³-hybridized carbons (Fsp3) is 0.818. The molecule has 1 saturated carbocycles. The minimum atomic E-state index is -0.371. The van der Waals surface area contributed by atoms with Crippen LogP contribution in [0.5, 0.6) is 0 Å². The summed E-state index contributed by atoms with van der Waals surface area (Å²) in [6.45, 7) is 7.56. The van der Waals surface area contributed by atoms with E-state index in [9.17, 15) is 9.59 Å². The van der Waals surface area contributed by atoms with Crippen LogP contribution < -0.4 is 0 Å². The van der Waals surface area contributed by atoms with Crippen molar-refractivity contribution in [2.24, 2.45) is 17.3 Å². The Morgan fingerprint density at radius 2 is 1.85 bits per heavy atom. The maximum atomic E-state index is 11.8. The van der Waals surface area contributed by atoms with E-state index in [1.807, 2.05) is 27.7 Å². The highest BCUT2D eigenvalue weighted by atomic mass is 16.2. The maximum Gasteiger partial charge on any atom is 0.148 e. The first-order valence-electron chi connectivity index (χ1n) is 4.92. The Morgan fingerprint density at radius 3 is 2.15 bits per heavy atom. The summed E-state index contributed by atoms with van der Waals surface area (Å²) >= 11 is 0. The van der Waals surface area contributed by atoms with Gasteiger partial charge in [-0.25, -0.2) is 0 Å². The molecule has 0 aromatic heterocycles. The van der Waals surface area contributed by atoms with Gasteiger partial charge in [-0.05, 0) is 12.8 Å². The lowest BCUT2D eigenvalue weighted by Gasteiger charge is -2.20. The lowest BCUT2D eigenvalue weighted by molar-refractivity contribution is -0.137. The highest BCUT2D eigenvalue weighted by molar-refractivity contribution is 6.06. The zero-order valence-electron chi connectivity index (χ0n) is 8.89. The fourth-order valence-corrected chi connectivity index (χ4v) is 1.83. The van der Waals surface area contributed by atoms with Gasteiger partial charge in [-0.3, -0.25) is 9.59 Å². The highest BCUT2D eigenvalue weighted by Gasteiger charge is 2.40. The van der Waals surface area contributed by atoms with Crippen molar-refractivity contribution >= 4 is 11.6 Å².